The van der Waals surface area contributed by atoms with Gasteiger partial charge in [0, 0.05) is 12.2 Å². The van der Waals surface area contributed by atoms with E-state index >= 15 is 0 Å². The average molecular weight is 285 g/mol. The normalized spacial score (nSPS) is 11.2. The van der Waals surface area contributed by atoms with E-state index in [1.807, 2.05) is 6.92 Å². The first kappa shape index (κ1) is 15.5. The fourth-order valence-corrected chi connectivity index (χ4v) is 2.47. The lowest BCUT2D eigenvalue weighted by molar-refractivity contribution is -0.119. The molecule has 0 saturated heterocycles. The summed E-state index contributed by atoms with van der Waals surface area (Å²) in [7, 11) is -3.52. The van der Waals surface area contributed by atoms with Crippen LogP contribution in [0.2, 0.25) is 0 Å². The molecule has 1 aromatic carbocycles. The summed E-state index contributed by atoms with van der Waals surface area (Å²) in [5.41, 5.74) is 6.72. The van der Waals surface area contributed by atoms with E-state index in [1.54, 1.807) is 24.3 Å². The van der Waals surface area contributed by atoms with Crippen molar-refractivity contribution in [2.75, 3.05) is 18.8 Å². The highest BCUT2D eigenvalue weighted by Crippen LogP contribution is 2.08. The van der Waals surface area contributed by atoms with Gasteiger partial charge in [-0.3, -0.25) is 4.79 Å². The Bertz CT molecular complexity index is 512. The molecule has 0 unspecified atom stereocenters. The number of hydrogen-bond donors (Lipinski definition) is 3. The molecule has 0 bridgehead atoms. The van der Waals surface area contributed by atoms with Gasteiger partial charge in [0.05, 0.1) is 12.3 Å². The lowest BCUT2D eigenvalue weighted by atomic mass is 10.2. The van der Waals surface area contributed by atoms with Crippen LogP contribution in [0, 0.1) is 0 Å². The van der Waals surface area contributed by atoms with Gasteiger partial charge in [-0.25, -0.2) is 13.1 Å². The summed E-state index contributed by atoms with van der Waals surface area (Å²) in [5, 5.41) is 2.59. The molecule has 7 heteroatoms. The van der Waals surface area contributed by atoms with Crippen molar-refractivity contribution >= 4 is 21.6 Å². The van der Waals surface area contributed by atoms with Crippen LogP contribution in [-0.2, 0) is 20.6 Å². The lowest BCUT2D eigenvalue weighted by Gasteiger charge is -2.07. The number of amides is 1. The van der Waals surface area contributed by atoms with E-state index in [0.717, 1.165) is 6.42 Å². The van der Waals surface area contributed by atoms with Gasteiger partial charge >= 0.3 is 0 Å². The standard InChI is InChI=1S/C12H19N3O3S/c1-2-7-14-12(16)8-15-19(17,18)9-10-3-5-11(13)6-4-10/h3-6,15H,2,7-9,13H2,1H3,(H,14,16). The largest absolute Gasteiger partial charge is 0.399 e. The summed E-state index contributed by atoms with van der Waals surface area (Å²) < 4.78 is 25.7. The van der Waals surface area contributed by atoms with E-state index < -0.39 is 10.0 Å². The minimum absolute atomic E-state index is 0.172. The van der Waals surface area contributed by atoms with Crippen LogP contribution < -0.4 is 15.8 Å². The van der Waals surface area contributed by atoms with Crippen LogP contribution in [0.15, 0.2) is 24.3 Å². The maximum atomic E-state index is 11.7. The molecule has 0 spiro atoms. The first-order chi connectivity index (χ1) is 8.93. The summed E-state index contributed by atoms with van der Waals surface area (Å²) >= 11 is 0. The lowest BCUT2D eigenvalue weighted by Crippen LogP contribution is -2.37. The molecular weight excluding hydrogens is 266 g/mol. The number of anilines is 1. The van der Waals surface area contributed by atoms with Crippen LogP contribution >= 0.6 is 0 Å². The number of benzene rings is 1. The van der Waals surface area contributed by atoms with Crippen molar-refractivity contribution in [2.24, 2.45) is 0 Å². The first-order valence-corrected chi connectivity index (χ1v) is 7.66. The van der Waals surface area contributed by atoms with Crippen molar-refractivity contribution in [3.63, 3.8) is 0 Å². The van der Waals surface area contributed by atoms with Crippen LogP contribution in [0.1, 0.15) is 18.9 Å². The highest BCUT2D eigenvalue weighted by Gasteiger charge is 2.13. The van der Waals surface area contributed by atoms with Gasteiger partial charge in [0.15, 0.2) is 0 Å². The van der Waals surface area contributed by atoms with Gasteiger partial charge in [0.1, 0.15) is 0 Å². The second-order valence-corrected chi connectivity index (χ2v) is 5.98. The molecule has 0 radical (unpaired) electrons. The van der Waals surface area contributed by atoms with Crippen molar-refractivity contribution in [1.29, 1.82) is 0 Å². The Morgan fingerprint density at radius 3 is 2.47 bits per heavy atom. The van der Waals surface area contributed by atoms with Crippen molar-refractivity contribution in [2.45, 2.75) is 19.1 Å². The van der Waals surface area contributed by atoms with Gasteiger partial charge in [0.2, 0.25) is 15.9 Å². The zero-order valence-electron chi connectivity index (χ0n) is 10.8. The predicted molar refractivity (Wildman–Crippen MR) is 74.8 cm³/mol. The minimum Gasteiger partial charge on any atom is -0.399 e. The third-order valence-corrected chi connectivity index (χ3v) is 3.66. The number of nitrogens with one attached hydrogen (secondary N) is 2. The quantitative estimate of drug-likeness (QED) is 0.623. The average Bonchev–Trinajstić information content (AvgIpc) is 2.36. The van der Waals surface area contributed by atoms with E-state index in [4.69, 9.17) is 5.73 Å². The summed E-state index contributed by atoms with van der Waals surface area (Å²) in [6.07, 6.45) is 0.809. The Balaban J connectivity index is 2.48. The fourth-order valence-electron chi connectivity index (χ4n) is 1.39. The Hall–Kier alpha value is -1.60. The summed E-state index contributed by atoms with van der Waals surface area (Å²) in [4.78, 5) is 11.3. The molecule has 0 heterocycles. The van der Waals surface area contributed by atoms with Crippen molar-refractivity contribution in [3.05, 3.63) is 29.8 Å². The first-order valence-electron chi connectivity index (χ1n) is 6.01. The van der Waals surface area contributed by atoms with Crippen LogP contribution in [0.25, 0.3) is 0 Å². The molecule has 0 atom stereocenters. The molecule has 19 heavy (non-hydrogen) atoms. The van der Waals surface area contributed by atoms with Gasteiger partial charge in [0.25, 0.3) is 0 Å². The predicted octanol–water partition coefficient (Wildman–Crippen LogP) is 0.214. The number of hydrogen-bond acceptors (Lipinski definition) is 4. The maximum Gasteiger partial charge on any atom is 0.235 e. The van der Waals surface area contributed by atoms with Gasteiger partial charge < -0.3 is 11.1 Å². The van der Waals surface area contributed by atoms with E-state index in [2.05, 4.69) is 10.0 Å². The van der Waals surface area contributed by atoms with Crippen LogP contribution in [0.3, 0.4) is 0 Å². The molecule has 0 fully saturated rings. The Labute approximate surface area is 113 Å². The second-order valence-electron chi connectivity index (χ2n) is 4.17. The third-order valence-electron chi connectivity index (χ3n) is 2.36. The number of nitrogens with two attached hydrogens (primary N) is 1. The van der Waals surface area contributed by atoms with E-state index in [-0.39, 0.29) is 18.2 Å². The minimum atomic E-state index is -3.52. The van der Waals surface area contributed by atoms with Crippen LogP contribution in [-0.4, -0.2) is 27.4 Å². The molecule has 106 valence electrons. The highest BCUT2D eigenvalue weighted by molar-refractivity contribution is 7.88. The molecule has 0 aliphatic heterocycles. The van der Waals surface area contributed by atoms with Gasteiger partial charge in [-0.15, -0.1) is 0 Å². The zero-order chi connectivity index (χ0) is 14.3. The molecule has 6 nitrogen and oxygen atoms in total. The summed E-state index contributed by atoms with van der Waals surface area (Å²) in [6, 6.07) is 6.56. The number of carbonyl (C=O) groups excluding carboxylic acids is 1. The Morgan fingerprint density at radius 1 is 1.26 bits per heavy atom. The number of nitrogen functional groups attached to an aromatic ring is 1. The van der Waals surface area contributed by atoms with Gasteiger partial charge in [-0.1, -0.05) is 19.1 Å². The third kappa shape index (κ3) is 6.21. The molecule has 0 aromatic heterocycles. The highest BCUT2D eigenvalue weighted by atomic mass is 32.2. The Morgan fingerprint density at radius 2 is 1.89 bits per heavy atom. The molecule has 0 aliphatic rings. The fraction of sp³-hybridized carbons (Fsp3) is 0.417. The number of carbonyl (C=O) groups is 1. The topological polar surface area (TPSA) is 101 Å². The molecule has 1 amide bonds. The summed E-state index contributed by atoms with van der Waals surface area (Å²) in [5.74, 6) is -0.503. The van der Waals surface area contributed by atoms with Crippen LogP contribution in [0.5, 0.6) is 0 Å². The smallest absolute Gasteiger partial charge is 0.235 e. The van der Waals surface area contributed by atoms with Gasteiger partial charge in [-0.05, 0) is 24.1 Å². The van der Waals surface area contributed by atoms with Crippen molar-refractivity contribution < 1.29 is 13.2 Å². The molecule has 0 aliphatic carbocycles. The zero-order valence-corrected chi connectivity index (χ0v) is 11.7. The van der Waals surface area contributed by atoms with E-state index in [9.17, 15) is 13.2 Å². The molecule has 0 saturated carbocycles. The van der Waals surface area contributed by atoms with Crippen molar-refractivity contribution in [1.82, 2.24) is 10.0 Å². The number of rotatable bonds is 7. The molecule has 1 aromatic rings. The van der Waals surface area contributed by atoms with Crippen molar-refractivity contribution in [3.8, 4) is 0 Å². The SMILES string of the molecule is CCCNC(=O)CNS(=O)(=O)Cc1ccc(N)cc1. The molecule has 1 rings (SSSR count). The molecular formula is C12H19N3O3S. The van der Waals surface area contributed by atoms with E-state index in [1.165, 1.54) is 0 Å². The van der Waals surface area contributed by atoms with E-state index in [0.29, 0.717) is 17.8 Å². The number of sulfonamides is 1. The monoisotopic (exact) mass is 285 g/mol. The van der Waals surface area contributed by atoms with Crippen LogP contribution in [0.4, 0.5) is 5.69 Å². The second kappa shape index (κ2) is 7.10. The Kier molecular flexibility index (Phi) is 5.78. The summed E-state index contributed by atoms with van der Waals surface area (Å²) in [6.45, 7) is 2.22. The maximum absolute atomic E-state index is 11.7. The molecule has 4 N–H and O–H groups in total. The van der Waals surface area contributed by atoms with Gasteiger partial charge in [-0.2, -0.15) is 0 Å².